The molecule has 1 heterocycles. The van der Waals surface area contributed by atoms with E-state index in [1.165, 1.54) is 17.8 Å². The van der Waals surface area contributed by atoms with E-state index < -0.39 is 9.84 Å². The molecule has 0 amide bonds. The minimum absolute atomic E-state index is 0.0488. The van der Waals surface area contributed by atoms with Gasteiger partial charge in [-0.3, -0.25) is 0 Å². The molecule has 1 aromatic heterocycles. The molecule has 20 heavy (non-hydrogen) atoms. The van der Waals surface area contributed by atoms with Crippen LogP contribution in [0.5, 0.6) is 0 Å². The summed E-state index contributed by atoms with van der Waals surface area (Å²) in [6, 6.07) is 0.135. The maximum atomic E-state index is 11.2. The summed E-state index contributed by atoms with van der Waals surface area (Å²) >= 11 is 1.41. The van der Waals surface area contributed by atoms with Crippen molar-refractivity contribution in [2.24, 2.45) is 0 Å². The lowest BCUT2D eigenvalue weighted by atomic mass is 9.89. The highest BCUT2D eigenvalue weighted by molar-refractivity contribution is 7.90. The van der Waals surface area contributed by atoms with Crippen molar-refractivity contribution in [3.63, 3.8) is 0 Å². The molecule has 5 nitrogen and oxygen atoms in total. The molecule has 1 atom stereocenters. The van der Waals surface area contributed by atoms with Gasteiger partial charge in [0.2, 0.25) is 0 Å². The van der Waals surface area contributed by atoms with Gasteiger partial charge >= 0.3 is 0 Å². The van der Waals surface area contributed by atoms with Gasteiger partial charge in [0.05, 0.1) is 10.6 Å². The number of aromatic nitrogens is 2. The maximum absolute atomic E-state index is 11.2. The molecule has 1 unspecified atom stereocenters. The molecule has 116 valence electrons. The minimum Gasteiger partial charge on any atom is -0.309 e. The molecule has 0 radical (unpaired) electrons. The molecule has 1 N–H and O–H groups in total. The van der Waals surface area contributed by atoms with E-state index >= 15 is 0 Å². The van der Waals surface area contributed by atoms with E-state index in [9.17, 15) is 8.42 Å². The van der Waals surface area contributed by atoms with E-state index in [-0.39, 0.29) is 17.2 Å². The number of hydrogen-bond acceptors (Lipinski definition) is 6. The van der Waals surface area contributed by atoms with E-state index in [0.29, 0.717) is 6.42 Å². The van der Waals surface area contributed by atoms with Crippen molar-refractivity contribution in [1.82, 2.24) is 14.9 Å². The smallest absolute Gasteiger partial charge is 0.147 e. The third-order valence-corrected chi connectivity index (χ3v) is 4.87. The maximum Gasteiger partial charge on any atom is 0.147 e. The first-order chi connectivity index (χ1) is 9.15. The standard InChI is InChI=1S/C13H25N3O2S2/c1-6-14-10(8-7-9-20(5,17)18)11-12(13(2,3)4)15-16-19-11/h10,14H,6-9H2,1-5H3. The van der Waals surface area contributed by atoms with Gasteiger partial charge < -0.3 is 5.32 Å². The van der Waals surface area contributed by atoms with E-state index in [1.54, 1.807) is 0 Å². The highest BCUT2D eigenvalue weighted by Crippen LogP contribution is 2.32. The first kappa shape index (κ1) is 17.5. The summed E-state index contributed by atoms with van der Waals surface area (Å²) in [5, 5.41) is 7.68. The van der Waals surface area contributed by atoms with Gasteiger partial charge in [-0.25, -0.2) is 8.42 Å². The first-order valence-corrected chi connectivity index (χ1v) is 9.72. The Balaban J connectivity index is 2.84. The fraction of sp³-hybridized carbons (Fsp3) is 0.846. The van der Waals surface area contributed by atoms with Gasteiger partial charge in [0.1, 0.15) is 9.84 Å². The lowest BCUT2D eigenvalue weighted by Gasteiger charge is -2.22. The second kappa shape index (κ2) is 6.95. The number of nitrogens with zero attached hydrogens (tertiary/aromatic N) is 2. The van der Waals surface area contributed by atoms with Crippen LogP contribution in [0.1, 0.15) is 57.1 Å². The molecule has 1 aromatic rings. The van der Waals surface area contributed by atoms with Crippen LogP contribution in [0.3, 0.4) is 0 Å². The van der Waals surface area contributed by atoms with Gasteiger partial charge in [-0.2, -0.15) is 0 Å². The summed E-state index contributed by atoms with van der Waals surface area (Å²) in [5.41, 5.74) is 0.958. The summed E-state index contributed by atoms with van der Waals surface area (Å²) in [6.07, 6.45) is 2.72. The highest BCUT2D eigenvalue weighted by atomic mass is 32.2. The normalized spacial score (nSPS) is 14.4. The molecule has 0 aliphatic rings. The summed E-state index contributed by atoms with van der Waals surface area (Å²) in [6.45, 7) is 9.24. The van der Waals surface area contributed by atoms with Crippen LogP contribution in [-0.4, -0.2) is 36.6 Å². The Bertz CT molecular complexity index is 518. The Morgan fingerprint density at radius 3 is 2.50 bits per heavy atom. The third-order valence-electron chi connectivity index (χ3n) is 3.00. The van der Waals surface area contributed by atoms with Crippen molar-refractivity contribution in [3.8, 4) is 0 Å². The second-order valence-corrected chi connectivity index (χ2v) is 9.16. The van der Waals surface area contributed by atoms with E-state index in [2.05, 4.69) is 42.6 Å². The fourth-order valence-corrected chi connectivity index (χ4v) is 3.73. The first-order valence-electron chi connectivity index (χ1n) is 6.89. The van der Waals surface area contributed by atoms with Gasteiger partial charge in [0.15, 0.2) is 0 Å². The summed E-state index contributed by atoms with van der Waals surface area (Å²) in [5.74, 6) is 0.228. The monoisotopic (exact) mass is 319 g/mol. The fourth-order valence-electron chi connectivity index (χ4n) is 2.07. The molecular weight excluding hydrogens is 294 g/mol. The molecule has 7 heteroatoms. The van der Waals surface area contributed by atoms with Crippen LogP contribution in [0.4, 0.5) is 0 Å². The molecule has 0 fully saturated rings. The van der Waals surface area contributed by atoms with Gasteiger partial charge in [-0.15, -0.1) is 5.10 Å². The van der Waals surface area contributed by atoms with Crippen molar-refractivity contribution < 1.29 is 8.42 Å². The topological polar surface area (TPSA) is 72.0 Å². The average Bonchev–Trinajstić information content (AvgIpc) is 2.74. The van der Waals surface area contributed by atoms with Gasteiger partial charge in [-0.1, -0.05) is 32.2 Å². The Kier molecular flexibility index (Phi) is 6.09. The number of nitrogens with one attached hydrogen (secondary N) is 1. The summed E-state index contributed by atoms with van der Waals surface area (Å²) < 4.78 is 26.6. The summed E-state index contributed by atoms with van der Waals surface area (Å²) in [4.78, 5) is 1.13. The number of sulfone groups is 1. The number of hydrogen-bond donors (Lipinski definition) is 1. The van der Waals surface area contributed by atoms with E-state index in [0.717, 1.165) is 23.5 Å². The highest BCUT2D eigenvalue weighted by Gasteiger charge is 2.26. The van der Waals surface area contributed by atoms with E-state index in [1.807, 2.05) is 0 Å². The van der Waals surface area contributed by atoms with Crippen molar-refractivity contribution in [2.45, 2.75) is 52.0 Å². The van der Waals surface area contributed by atoms with E-state index in [4.69, 9.17) is 0 Å². The van der Waals surface area contributed by atoms with Crippen LogP contribution in [0.2, 0.25) is 0 Å². The molecule has 0 bridgehead atoms. The predicted octanol–water partition coefficient (Wildman–Crippen LogP) is 2.31. The second-order valence-electron chi connectivity index (χ2n) is 6.12. The van der Waals surface area contributed by atoms with Gasteiger partial charge in [0.25, 0.3) is 0 Å². The van der Waals surface area contributed by atoms with Gasteiger partial charge in [-0.05, 0) is 30.9 Å². The largest absolute Gasteiger partial charge is 0.309 e. The molecule has 0 saturated carbocycles. The zero-order chi connectivity index (χ0) is 15.4. The zero-order valence-electron chi connectivity index (χ0n) is 12.9. The van der Waals surface area contributed by atoms with Crippen LogP contribution in [0.15, 0.2) is 0 Å². The molecular formula is C13H25N3O2S2. The predicted molar refractivity (Wildman–Crippen MR) is 84.0 cm³/mol. The molecule has 0 aliphatic heterocycles. The quantitative estimate of drug-likeness (QED) is 0.835. The van der Waals surface area contributed by atoms with Crippen molar-refractivity contribution in [1.29, 1.82) is 0 Å². The van der Waals surface area contributed by atoms with Crippen molar-refractivity contribution in [3.05, 3.63) is 10.6 Å². The lowest BCUT2D eigenvalue weighted by molar-refractivity contribution is 0.489. The van der Waals surface area contributed by atoms with Crippen LogP contribution in [0.25, 0.3) is 0 Å². The number of rotatable bonds is 7. The third kappa shape index (κ3) is 5.46. The Morgan fingerprint density at radius 2 is 2.00 bits per heavy atom. The van der Waals surface area contributed by atoms with Gasteiger partial charge in [0, 0.05) is 23.5 Å². The van der Waals surface area contributed by atoms with Crippen LogP contribution in [0, 0.1) is 0 Å². The molecule has 0 saturated heterocycles. The van der Waals surface area contributed by atoms with Crippen LogP contribution in [-0.2, 0) is 15.3 Å². The molecule has 0 aromatic carbocycles. The Hall–Kier alpha value is -0.530. The molecule has 1 rings (SSSR count). The Morgan fingerprint density at radius 1 is 1.35 bits per heavy atom. The van der Waals surface area contributed by atoms with Crippen molar-refractivity contribution in [2.75, 3.05) is 18.6 Å². The molecule has 0 aliphatic carbocycles. The average molecular weight is 319 g/mol. The summed E-state index contributed by atoms with van der Waals surface area (Å²) in [7, 11) is -2.90. The van der Waals surface area contributed by atoms with Crippen molar-refractivity contribution >= 4 is 21.4 Å². The lowest BCUT2D eigenvalue weighted by Crippen LogP contribution is -2.24. The Labute approximate surface area is 126 Å². The van der Waals surface area contributed by atoms with Crippen LogP contribution >= 0.6 is 11.5 Å². The SMILES string of the molecule is CCNC(CCCS(C)(=O)=O)c1snnc1C(C)(C)C. The minimum atomic E-state index is -2.90. The zero-order valence-corrected chi connectivity index (χ0v) is 14.6. The van der Waals surface area contributed by atoms with Crippen LogP contribution < -0.4 is 5.32 Å². The molecule has 0 spiro atoms.